The molecule has 730 valence electrons. The van der Waals surface area contributed by atoms with E-state index in [0.717, 1.165) is 155 Å². The van der Waals surface area contributed by atoms with Crippen LogP contribution in [0.15, 0.2) is 450 Å². The van der Waals surface area contributed by atoms with Crippen molar-refractivity contribution >= 4 is 149 Å². The maximum atomic E-state index is 8.58. The lowest BCUT2D eigenvalue weighted by Crippen LogP contribution is -2.41. The highest BCUT2D eigenvalue weighted by Gasteiger charge is 2.52. The number of aromatic nitrogens is 9. The average Bonchev–Trinajstić information content (AvgIpc) is 1.60. The SMILES string of the molecule is C.C.C.CC1(C)OB(c2cccc3oc4c(Cl)cc(Cl)cc4c23)OC1(C)C.Clc1cc(Cl)c2oc3cccc(-c4nc(-c5ccccc5)nc(-c5cccc(-c6ccccc6)c5)n4)c3c2c1.Clc1nc(-c2ccccc2)nc(-c2cccc(-c3ccccc3)c2)n1.OB(O)c1ccccc1.c1ccc(-c2cccc(-c3nc(-c4ccccc4)nc(-c4cccc5oc6c(-c7ccccc7)cc(-c7ccccc7)cc6c45)n3)c2)cc1. The van der Waals surface area contributed by atoms with Crippen molar-refractivity contribution in [3.63, 3.8) is 0 Å². The van der Waals surface area contributed by atoms with E-state index >= 15 is 0 Å². The second-order valence-corrected chi connectivity index (χ2v) is 37.7. The first-order valence-corrected chi connectivity index (χ1v) is 49.2. The highest BCUT2D eigenvalue weighted by atomic mass is 35.5. The summed E-state index contributed by atoms with van der Waals surface area (Å²) in [6, 6.07) is 144. The molecule has 7 heterocycles. The number of furan rings is 3. The van der Waals surface area contributed by atoms with Gasteiger partial charge in [0, 0.05) is 92.4 Å². The Labute approximate surface area is 889 Å². The molecule has 0 saturated carbocycles. The van der Waals surface area contributed by atoms with Crippen molar-refractivity contribution in [2.45, 2.75) is 61.2 Å². The minimum Gasteiger partial charge on any atom is -0.455 e. The van der Waals surface area contributed by atoms with Crippen LogP contribution < -0.4 is 10.9 Å². The fourth-order valence-corrected chi connectivity index (χ4v) is 19.0. The molecule has 23 heteroatoms. The van der Waals surface area contributed by atoms with Crippen molar-refractivity contribution in [2.24, 2.45) is 0 Å². The summed E-state index contributed by atoms with van der Waals surface area (Å²) in [5, 5.41) is 24.8. The van der Waals surface area contributed by atoms with Gasteiger partial charge in [-0.1, -0.05) is 433 Å². The van der Waals surface area contributed by atoms with E-state index in [-0.39, 0.29) is 27.6 Å². The second-order valence-electron chi connectivity index (χ2n) is 35.7. The molecule has 0 aliphatic carbocycles. The molecule has 0 bridgehead atoms. The van der Waals surface area contributed by atoms with Gasteiger partial charge in [0.1, 0.15) is 22.3 Å². The molecular weight excluding hydrogens is 1950 g/mol. The molecule has 24 aromatic rings. The molecular formula is C126H98B2Cl5N9O7. The lowest BCUT2D eigenvalue weighted by Gasteiger charge is -2.32. The summed E-state index contributed by atoms with van der Waals surface area (Å²) in [5.41, 5.74) is 23.1. The van der Waals surface area contributed by atoms with E-state index in [4.69, 9.17) is 121 Å². The fourth-order valence-electron chi connectivity index (χ4n) is 17.7. The summed E-state index contributed by atoms with van der Waals surface area (Å²) in [5.74, 6) is 4.66. The van der Waals surface area contributed by atoms with E-state index in [1.807, 2.05) is 264 Å². The maximum absolute atomic E-state index is 8.58. The third kappa shape index (κ3) is 22.4. The molecule has 25 rings (SSSR count). The van der Waals surface area contributed by atoms with Crippen molar-refractivity contribution in [3.05, 3.63) is 462 Å². The molecule has 0 spiro atoms. The zero-order valence-electron chi connectivity index (χ0n) is 79.1. The van der Waals surface area contributed by atoms with Gasteiger partial charge in [0.2, 0.25) is 5.28 Å². The van der Waals surface area contributed by atoms with Crippen LogP contribution in [-0.4, -0.2) is 80.3 Å². The number of hydrogen-bond donors (Lipinski definition) is 2. The summed E-state index contributed by atoms with van der Waals surface area (Å²) < 4.78 is 31.2. The van der Waals surface area contributed by atoms with Gasteiger partial charge in [-0.05, 0) is 173 Å². The third-order valence-electron chi connectivity index (χ3n) is 25.6. The largest absolute Gasteiger partial charge is 0.495 e. The normalized spacial score (nSPS) is 12.1. The van der Waals surface area contributed by atoms with Crippen molar-refractivity contribution < 1.29 is 32.6 Å². The van der Waals surface area contributed by atoms with Gasteiger partial charge in [-0.3, -0.25) is 0 Å². The minimum absolute atomic E-state index is 0. The number of fused-ring (bicyclic) bond motifs is 9. The van der Waals surface area contributed by atoms with Crippen LogP contribution in [0.25, 0.3) is 213 Å². The number of rotatable bonds is 15. The quantitative estimate of drug-likeness (QED) is 0.0913. The molecule has 2 N–H and O–H groups in total. The lowest BCUT2D eigenvalue weighted by atomic mass is 9.76. The first-order chi connectivity index (χ1) is 71.2. The molecule has 1 fully saturated rings. The van der Waals surface area contributed by atoms with Crippen molar-refractivity contribution in [2.75, 3.05) is 0 Å². The maximum Gasteiger partial charge on any atom is 0.495 e. The van der Waals surface area contributed by atoms with Crippen LogP contribution in [0.5, 0.6) is 0 Å². The molecule has 1 saturated heterocycles. The zero-order chi connectivity index (χ0) is 99.9. The van der Waals surface area contributed by atoms with Gasteiger partial charge in [-0.25, -0.2) is 34.9 Å². The van der Waals surface area contributed by atoms with Crippen molar-refractivity contribution in [3.8, 4) is 147 Å². The molecule has 149 heavy (non-hydrogen) atoms. The highest BCUT2D eigenvalue weighted by molar-refractivity contribution is 6.66. The first kappa shape index (κ1) is 103. The second kappa shape index (κ2) is 45.4. The zero-order valence-corrected chi connectivity index (χ0v) is 82.9. The van der Waals surface area contributed by atoms with Crippen LogP contribution in [-0.2, 0) is 9.31 Å². The predicted molar refractivity (Wildman–Crippen MR) is 616 cm³/mol. The number of nitrogens with zero attached hydrogens (tertiary/aromatic N) is 9. The van der Waals surface area contributed by atoms with Gasteiger partial charge < -0.3 is 32.6 Å². The Morgan fingerprint density at radius 3 is 0.879 bits per heavy atom. The van der Waals surface area contributed by atoms with Crippen LogP contribution in [0.1, 0.15) is 50.0 Å². The van der Waals surface area contributed by atoms with Gasteiger partial charge in [0.25, 0.3) is 0 Å². The Morgan fingerprint density at radius 2 is 0.510 bits per heavy atom. The van der Waals surface area contributed by atoms with Crippen LogP contribution in [0.3, 0.4) is 0 Å². The molecule has 18 aromatic carbocycles. The minimum atomic E-state index is -1.34. The van der Waals surface area contributed by atoms with Crippen LogP contribution in [0.4, 0.5) is 0 Å². The van der Waals surface area contributed by atoms with Gasteiger partial charge in [0.15, 0.2) is 57.8 Å². The van der Waals surface area contributed by atoms with E-state index in [0.29, 0.717) is 88.9 Å². The molecule has 1 aliphatic rings. The van der Waals surface area contributed by atoms with Gasteiger partial charge in [-0.15, -0.1) is 0 Å². The van der Waals surface area contributed by atoms with E-state index in [2.05, 4.69) is 179 Å². The predicted octanol–water partition coefficient (Wildman–Crippen LogP) is 33.5. The third-order valence-corrected chi connectivity index (χ3v) is 26.8. The van der Waals surface area contributed by atoms with Gasteiger partial charge in [0.05, 0.1) is 21.2 Å². The average molecular weight is 2050 g/mol. The Kier molecular flexibility index (Phi) is 31.3. The number of halogens is 5. The summed E-state index contributed by atoms with van der Waals surface area (Å²) >= 11 is 31.5. The topological polar surface area (TPSA) is 214 Å². The summed E-state index contributed by atoms with van der Waals surface area (Å²) in [7, 11) is -1.82. The van der Waals surface area contributed by atoms with Gasteiger partial charge in [-0.2, -0.15) is 9.97 Å². The first-order valence-electron chi connectivity index (χ1n) is 47.3. The standard InChI is InChI=1S/C45H29N3O.C33H19Cl2N3O.C21H14ClN3.C18H17BCl2O3.C6H7BO2.3CH4/c1-5-15-30(16-6-1)34-23-13-24-35(27-34)44-46-43(33-21-11-4-12-22-33)47-45(48-44)37-25-14-26-40-41(37)39-29-36(31-17-7-2-8-18-31)28-38(42(39)49-40)32-19-9-3-10-20-32;34-24-18-26-29-25(15-8-16-28(29)39-30(26)27(35)19-24)33-37-31(21-11-5-2-6-12-21)36-32(38-33)23-14-7-13-22(17-23)20-9-3-1-4-10-20;22-21-24-19(16-10-5-2-6-11-16)23-20(25-21)18-13-7-12-17(14-18)15-8-3-1-4-9-15;1-17(2)18(3,4)24-19(23-17)12-6-5-7-14-15(12)11-8-10(20)9-13(21)16(11)22-14;8-7(9)6-4-2-1-3-5-6;;;/h1-29H;1-19H;1-14H;5-9H,1-4H3;1-5,8-9H;3*1H4. The molecule has 0 amide bonds. The monoisotopic (exact) mass is 2050 g/mol. The van der Waals surface area contributed by atoms with Crippen molar-refractivity contribution in [1.82, 2.24) is 44.9 Å². The molecule has 16 nitrogen and oxygen atoms in total. The van der Waals surface area contributed by atoms with Crippen molar-refractivity contribution in [1.29, 1.82) is 0 Å². The van der Waals surface area contributed by atoms with E-state index in [1.54, 1.807) is 36.4 Å². The molecule has 0 atom stereocenters. The lowest BCUT2D eigenvalue weighted by molar-refractivity contribution is 0.00578. The summed E-state index contributed by atoms with van der Waals surface area (Å²) in [4.78, 5) is 43.3. The van der Waals surface area contributed by atoms with E-state index in [9.17, 15) is 0 Å². The summed E-state index contributed by atoms with van der Waals surface area (Å²) in [6.07, 6.45) is 0. The number of benzene rings is 18. The van der Waals surface area contributed by atoms with Crippen LogP contribution in [0.2, 0.25) is 25.4 Å². The van der Waals surface area contributed by atoms with E-state index in [1.165, 1.54) is 0 Å². The fraction of sp³-hybridized carbons (Fsp3) is 0.0714. The molecule has 1 aliphatic heterocycles. The smallest absolute Gasteiger partial charge is 0.455 e. The molecule has 0 unspecified atom stereocenters. The van der Waals surface area contributed by atoms with Crippen LogP contribution in [0, 0.1) is 0 Å². The summed E-state index contributed by atoms with van der Waals surface area (Å²) in [6.45, 7) is 8.14. The Bertz CT molecular complexity index is 8850. The van der Waals surface area contributed by atoms with Gasteiger partial charge >= 0.3 is 14.2 Å². The van der Waals surface area contributed by atoms with E-state index < -0.39 is 25.4 Å². The van der Waals surface area contributed by atoms with Crippen LogP contribution >= 0.6 is 58.0 Å². The Morgan fingerprint density at radius 1 is 0.235 bits per heavy atom. The molecule has 6 aromatic heterocycles. The Balaban J connectivity index is 0.000000130. The number of hydrogen-bond acceptors (Lipinski definition) is 16. The Hall–Kier alpha value is -16.2. The molecule has 0 radical (unpaired) electrons. The highest BCUT2D eigenvalue weighted by Crippen LogP contribution is 2.47.